The quantitative estimate of drug-likeness (QED) is 0.834. The number of rotatable bonds is 2. The molecule has 0 bridgehead atoms. The summed E-state index contributed by atoms with van der Waals surface area (Å²) in [6.07, 6.45) is 3.20. The Morgan fingerprint density at radius 1 is 1.45 bits per heavy atom. The average molecular weight is 276 g/mol. The van der Waals surface area contributed by atoms with Crippen molar-refractivity contribution in [3.05, 3.63) is 30.1 Å². The van der Waals surface area contributed by atoms with Gasteiger partial charge in [0.25, 0.3) is 0 Å². The maximum atomic E-state index is 12.5. The third-order valence-corrected chi connectivity index (χ3v) is 3.98. The Morgan fingerprint density at radius 2 is 2.25 bits per heavy atom. The van der Waals surface area contributed by atoms with E-state index in [9.17, 15) is 4.79 Å². The molecule has 3 rings (SSSR count). The summed E-state index contributed by atoms with van der Waals surface area (Å²) in [6.45, 7) is 6.30. The van der Waals surface area contributed by atoms with Gasteiger partial charge >= 0.3 is 5.97 Å². The van der Waals surface area contributed by atoms with Crippen molar-refractivity contribution in [3.8, 4) is 0 Å². The highest BCUT2D eigenvalue weighted by Gasteiger charge is 2.78. The third kappa shape index (κ3) is 1.93. The van der Waals surface area contributed by atoms with Crippen molar-refractivity contribution in [2.45, 2.75) is 50.2 Å². The van der Waals surface area contributed by atoms with Crippen molar-refractivity contribution in [3.63, 3.8) is 0 Å². The fraction of sp³-hybridized carbons (Fsp3) is 0.600. The normalized spacial score (nSPS) is 32.4. The van der Waals surface area contributed by atoms with E-state index in [0.29, 0.717) is 13.0 Å². The zero-order valence-corrected chi connectivity index (χ0v) is 12.1. The van der Waals surface area contributed by atoms with Gasteiger partial charge in [-0.25, -0.2) is 10.3 Å². The van der Waals surface area contributed by atoms with Gasteiger partial charge in [-0.3, -0.25) is 9.82 Å². The van der Waals surface area contributed by atoms with E-state index in [1.807, 2.05) is 39.0 Å². The molecule has 1 aliphatic carbocycles. The molecule has 2 aliphatic rings. The van der Waals surface area contributed by atoms with Gasteiger partial charge in [0.2, 0.25) is 0 Å². The van der Waals surface area contributed by atoms with E-state index in [1.165, 1.54) is 0 Å². The zero-order chi connectivity index (χ0) is 14.4. The second kappa shape index (κ2) is 4.27. The first kappa shape index (κ1) is 13.5. The van der Waals surface area contributed by atoms with Crippen LogP contribution in [0.1, 0.15) is 39.3 Å². The number of hydrogen-bond acceptors (Lipinski definition) is 5. The van der Waals surface area contributed by atoms with Crippen LogP contribution in [0.4, 0.5) is 0 Å². The number of ether oxygens (including phenoxy) is 1. The van der Waals surface area contributed by atoms with Gasteiger partial charge in [-0.1, -0.05) is 6.07 Å². The lowest BCUT2D eigenvalue weighted by atomic mass is 9.91. The summed E-state index contributed by atoms with van der Waals surface area (Å²) in [5.41, 5.74) is 1.97. The first-order valence-corrected chi connectivity index (χ1v) is 6.96. The number of fused-ring (bicyclic) bond motifs is 1. The Labute approximate surface area is 118 Å². The van der Waals surface area contributed by atoms with Gasteiger partial charge in [-0.05, 0) is 39.3 Å². The van der Waals surface area contributed by atoms with E-state index in [4.69, 9.17) is 9.57 Å². The highest BCUT2D eigenvalue weighted by Crippen LogP contribution is 2.63. The molecule has 0 amide bonds. The number of esters is 1. The summed E-state index contributed by atoms with van der Waals surface area (Å²) < 4.78 is 5.54. The van der Waals surface area contributed by atoms with Crippen LogP contribution in [0.25, 0.3) is 0 Å². The number of pyridine rings is 1. The lowest BCUT2D eigenvalue weighted by Crippen LogP contribution is -2.48. The first-order chi connectivity index (χ1) is 9.40. The molecule has 1 aromatic rings. The summed E-state index contributed by atoms with van der Waals surface area (Å²) in [5.74, 6) is -0.303. The van der Waals surface area contributed by atoms with Crippen molar-refractivity contribution in [2.24, 2.45) is 0 Å². The highest BCUT2D eigenvalue weighted by atomic mass is 16.7. The maximum Gasteiger partial charge on any atom is 0.342 e. The van der Waals surface area contributed by atoms with Gasteiger partial charge in [0.1, 0.15) is 5.60 Å². The van der Waals surface area contributed by atoms with Crippen LogP contribution < -0.4 is 5.48 Å². The predicted octanol–water partition coefficient (Wildman–Crippen LogP) is 1.73. The Kier molecular flexibility index (Phi) is 2.88. The molecule has 1 saturated heterocycles. The molecule has 0 radical (unpaired) electrons. The molecule has 2 unspecified atom stereocenters. The largest absolute Gasteiger partial charge is 0.458 e. The predicted molar refractivity (Wildman–Crippen MR) is 72.8 cm³/mol. The van der Waals surface area contributed by atoms with Crippen molar-refractivity contribution < 1.29 is 14.4 Å². The number of hydroxylamine groups is 1. The van der Waals surface area contributed by atoms with E-state index in [1.54, 1.807) is 6.20 Å². The standard InChI is InChI=1S/C15H20N2O3/c1-13(2,3)19-12(18)15-10-14(15,7-9-17-20-15)11-6-4-5-8-16-11/h4-6,8,17H,7,9-10H2,1-3H3. The van der Waals surface area contributed by atoms with Crippen molar-refractivity contribution >= 4 is 5.97 Å². The van der Waals surface area contributed by atoms with Crippen LogP contribution in [0.15, 0.2) is 24.4 Å². The molecule has 1 aliphatic heterocycles. The number of nitrogens with zero attached hydrogens (tertiary/aromatic N) is 1. The molecule has 2 atom stereocenters. The fourth-order valence-electron chi connectivity index (χ4n) is 2.98. The highest BCUT2D eigenvalue weighted by molar-refractivity contribution is 5.88. The Balaban J connectivity index is 1.91. The summed E-state index contributed by atoms with van der Waals surface area (Å²) in [6, 6.07) is 5.78. The summed E-state index contributed by atoms with van der Waals surface area (Å²) >= 11 is 0. The number of carbonyl (C=O) groups is 1. The number of aromatic nitrogens is 1. The van der Waals surface area contributed by atoms with Crippen LogP contribution in [-0.4, -0.2) is 28.7 Å². The fourth-order valence-corrected chi connectivity index (χ4v) is 2.98. The zero-order valence-electron chi connectivity index (χ0n) is 12.1. The molecule has 0 spiro atoms. The molecule has 0 aromatic carbocycles. The maximum absolute atomic E-state index is 12.5. The Hall–Kier alpha value is -1.46. The Bertz CT molecular complexity index is 526. The first-order valence-electron chi connectivity index (χ1n) is 6.96. The third-order valence-electron chi connectivity index (χ3n) is 3.98. The summed E-state index contributed by atoms with van der Waals surface area (Å²) in [4.78, 5) is 22.6. The van der Waals surface area contributed by atoms with E-state index in [2.05, 4.69) is 10.5 Å². The molecule has 1 N–H and O–H groups in total. The van der Waals surface area contributed by atoms with E-state index in [-0.39, 0.29) is 11.4 Å². The molecule has 2 heterocycles. The van der Waals surface area contributed by atoms with Gasteiger partial charge in [0, 0.05) is 19.2 Å². The molecular formula is C15H20N2O3. The molecule has 1 saturated carbocycles. The van der Waals surface area contributed by atoms with E-state index >= 15 is 0 Å². The van der Waals surface area contributed by atoms with Crippen LogP contribution in [0.3, 0.4) is 0 Å². The second-order valence-corrected chi connectivity index (χ2v) is 6.55. The smallest absolute Gasteiger partial charge is 0.342 e. The monoisotopic (exact) mass is 276 g/mol. The van der Waals surface area contributed by atoms with Crippen molar-refractivity contribution in [1.82, 2.24) is 10.5 Å². The van der Waals surface area contributed by atoms with Crippen LogP contribution in [0.5, 0.6) is 0 Å². The molecule has 108 valence electrons. The topological polar surface area (TPSA) is 60.5 Å². The van der Waals surface area contributed by atoms with E-state index < -0.39 is 11.2 Å². The Morgan fingerprint density at radius 3 is 2.90 bits per heavy atom. The minimum absolute atomic E-state index is 0.303. The van der Waals surface area contributed by atoms with E-state index in [0.717, 1.165) is 12.1 Å². The van der Waals surface area contributed by atoms with Crippen LogP contribution >= 0.6 is 0 Å². The average Bonchev–Trinajstić information content (AvgIpc) is 3.10. The molecular weight excluding hydrogens is 256 g/mol. The molecule has 1 aromatic heterocycles. The van der Waals surface area contributed by atoms with Gasteiger partial charge in [0.05, 0.1) is 11.1 Å². The van der Waals surface area contributed by atoms with Gasteiger partial charge in [-0.2, -0.15) is 0 Å². The van der Waals surface area contributed by atoms with Crippen LogP contribution in [0.2, 0.25) is 0 Å². The number of hydrogen-bond donors (Lipinski definition) is 1. The van der Waals surface area contributed by atoms with Crippen molar-refractivity contribution in [2.75, 3.05) is 6.54 Å². The number of nitrogens with one attached hydrogen (secondary N) is 1. The van der Waals surface area contributed by atoms with Crippen LogP contribution in [0, 0.1) is 0 Å². The van der Waals surface area contributed by atoms with Crippen molar-refractivity contribution in [1.29, 1.82) is 0 Å². The van der Waals surface area contributed by atoms with Gasteiger partial charge in [0.15, 0.2) is 5.60 Å². The van der Waals surface area contributed by atoms with Gasteiger partial charge in [-0.15, -0.1) is 0 Å². The number of carbonyl (C=O) groups excluding carboxylic acids is 1. The molecule has 5 nitrogen and oxygen atoms in total. The second-order valence-electron chi connectivity index (χ2n) is 6.55. The molecule has 2 fully saturated rings. The lowest BCUT2D eigenvalue weighted by molar-refractivity contribution is -0.185. The minimum atomic E-state index is -0.924. The minimum Gasteiger partial charge on any atom is -0.458 e. The summed E-state index contributed by atoms with van der Waals surface area (Å²) in [5, 5.41) is 0. The lowest BCUT2D eigenvalue weighted by Gasteiger charge is -2.31. The SMILES string of the molecule is CC(C)(C)OC(=O)C12CC1(c1ccccn1)CCNO2. The van der Waals surface area contributed by atoms with Gasteiger partial charge < -0.3 is 4.74 Å². The summed E-state index contributed by atoms with van der Waals surface area (Å²) in [7, 11) is 0. The molecule has 5 heteroatoms. The molecule has 20 heavy (non-hydrogen) atoms. The van der Waals surface area contributed by atoms with Crippen LogP contribution in [-0.2, 0) is 19.8 Å².